The fourth-order valence-corrected chi connectivity index (χ4v) is 0.965. The lowest BCUT2D eigenvalue weighted by atomic mass is 10.2. The quantitative estimate of drug-likeness (QED) is 0.620. The molecule has 0 aromatic carbocycles. The fraction of sp³-hybridized carbons (Fsp3) is 0.143. The molecule has 1 heterocycles. The third-order valence-corrected chi connectivity index (χ3v) is 1.66. The molecule has 2 nitrogen and oxygen atoms in total. The minimum absolute atomic E-state index is 0. The molecule has 12 heavy (non-hydrogen) atoms. The zero-order valence-corrected chi connectivity index (χ0v) is 9.26. The highest BCUT2D eigenvalue weighted by molar-refractivity contribution is 9.09. The van der Waals surface area contributed by atoms with Crippen LogP contribution in [-0.2, 0) is 0 Å². The maximum atomic E-state index is 12.4. The van der Waals surface area contributed by atoms with Gasteiger partial charge >= 0.3 is 0 Å². The van der Waals surface area contributed by atoms with Gasteiger partial charge in [-0.1, -0.05) is 15.9 Å². The van der Waals surface area contributed by atoms with Gasteiger partial charge < -0.3 is 0 Å². The lowest BCUT2D eigenvalue weighted by Gasteiger charge is -1.94. The Kier molecular flexibility index (Phi) is 5.24. The van der Waals surface area contributed by atoms with E-state index in [4.69, 9.17) is 0 Å². The van der Waals surface area contributed by atoms with Gasteiger partial charge in [-0.05, 0) is 6.07 Å². The number of halogens is 3. The smallest absolute Gasteiger partial charge is 0.175 e. The zero-order chi connectivity index (χ0) is 8.27. The molecule has 0 N–H and O–H groups in total. The van der Waals surface area contributed by atoms with Crippen molar-refractivity contribution in [3.05, 3.63) is 29.8 Å². The van der Waals surface area contributed by atoms with Crippen molar-refractivity contribution in [2.24, 2.45) is 0 Å². The third kappa shape index (κ3) is 2.98. The van der Waals surface area contributed by atoms with Gasteiger partial charge in [0, 0.05) is 11.8 Å². The van der Waals surface area contributed by atoms with E-state index in [0.717, 1.165) is 12.3 Å². The minimum atomic E-state index is -0.489. The van der Waals surface area contributed by atoms with Crippen LogP contribution in [0.2, 0.25) is 0 Å². The number of carbonyl (C=O) groups excluding carboxylic acids is 1. The number of alkyl halides is 1. The Morgan fingerprint density at radius 1 is 1.58 bits per heavy atom. The summed E-state index contributed by atoms with van der Waals surface area (Å²) in [7, 11) is 0. The van der Waals surface area contributed by atoms with Crippen LogP contribution in [0.15, 0.2) is 18.5 Å². The van der Waals surface area contributed by atoms with E-state index in [1.165, 1.54) is 6.20 Å². The first-order valence-corrected chi connectivity index (χ1v) is 4.06. The summed E-state index contributed by atoms with van der Waals surface area (Å²) >= 11 is 2.98. The molecule has 66 valence electrons. The molecular formula is C7H6Br2FNO. The topological polar surface area (TPSA) is 30.0 Å². The summed E-state index contributed by atoms with van der Waals surface area (Å²) in [6.45, 7) is 0. The summed E-state index contributed by atoms with van der Waals surface area (Å²) in [4.78, 5) is 14.4. The molecule has 0 aliphatic carbocycles. The van der Waals surface area contributed by atoms with E-state index in [1.807, 2.05) is 0 Å². The molecule has 0 aliphatic heterocycles. The molecule has 0 unspecified atom stereocenters. The number of ketones is 1. The van der Waals surface area contributed by atoms with Gasteiger partial charge in [0.05, 0.1) is 11.5 Å². The van der Waals surface area contributed by atoms with Crippen LogP contribution < -0.4 is 0 Å². The molecular weight excluding hydrogens is 293 g/mol. The number of rotatable bonds is 2. The number of hydrogen-bond acceptors (Lipinski definition) is 2. The summed E-state index contributed by atoms with van der Waals surface area (Å²) in [6.07, 6.45) is 2.40. The Labute approximate surface area is 88.1 Å². The lowest BCUT2D eigenvalue weighted by molar-refractivity contribution is 0.102. The second-order valence-electron chi connectivity index (χ2n) is 1.95. The first-order valence-electron chi connectivity index (χ1n) is 2.94. The molecule has 1 rings (SSSR count). The van der Waals surface area contributed by atoms with Crippen LogP contribution in [0.25, 0.3) is 0 Å². The van der Waals surface area contributed by atoms with Gasteiger partial charge in [0.15, 0.2) is 5.78 Å². The number of carbonyl (C=O) groups is 1. The molecule has 5 heteroatoms. The molecule has 0 bridgehead atoms. The van der Waals surface area contributed by atoms with Crippen LogP contribution >= 0.6 is 32.9 Å². The standard InChI is InChI=1S/C7H5BrFNO.BrH/c8-2-7(11)5-1-6(9)4-10-3-5;/h1,3-4H,2H2;1H. The largest absolute Gasteiger partial charge is 0.293 e. The Morgan fingerprint density at radius 2 is 2.25 bits per heavy atom. The predicted octanol–water partition coefficient (Wildman–Crippen LogP) is 2.38. The van der Waals surface area contributed by atoms with Crippen molar-refractivity contribution >= 4 is 38.7 Å². The second-order valence-corrected chi connectivity index (χ2v) is 2.51. The first-order chi connectivity index (χ1) is 5.24. The van der Waals surface area contributed by atoms with Crippen molar-refractivity contribution in [1.29, 1.82) is 0 Å². The van der Waals surface area contributed by atoms with E-state index in [0.29, 0.717) is 5.56 Å². The van der Waals surface area contributed by atoms with Crippen LogP contribution in [0.4, 0.5) is 4.39 Å². The van der Waals surface area contributed by atoms with E-state index in [1.54, 1.807) is 0 Å². The predicted molar refractivity (Wildman–Crippen MR) is 52.6 cm³/mol. The highest BCUT2D eigenvalue weighted by atomic mass is 79.9. The molecule has 0 saturated carbocycles. The van der Waals surface area contributed by atoms with Crippen molar-refractivity contribution in [3.63, 3.8) is 0 Å². The monoisotopic (exact) mass is 297 g/mol. The number of Topliss-reactive ketones (excluding diaryl/α,β-unsaturated/α-hetero) is 1. The zero-order valence-electron chi connectivity index (χ0n) is 5.96. The van der Waals surface area contributed by atoms with E-state index in [-0.39, 0.29) is 28.1 Å². The van der Waals surface area contributed by atoms with Gasteiger partial charge in [-0.2, -0.15) is 0 Å². The van der Waals surface area contributed by atoms with Crippen LogP contribution in [-0.4, -0.2) is 16.1 Å². The average molecular weight is 299 g/mol. The molecule has 0 amide bonds. The van der Waals surface area contributed by atoms with Crippen molar-refractivity contribution in [3.8, 4) is 0 Å². The van der Waals surface area contributed by atoms with E-state index < -0.39 is 5.82 Å². The first kappa shape index (κ1) is 11.7. The molecule has 0 spiro atoms. The Bertz CT molecular complexity index is 280. The van der Waals surface area contributed by atoms with E-state index in [9.17, 15) is 9.18 Å². The van der Waals surface area contributed by atoms with E-state index >= 15 is 0 Å². The highest BCUT2D eigenvalue weighted by Crippen LogP contribution is 2.03. The van der Waals surface area contributed by atoms with Crippen LogP contribution in [0.1, 0.15) is 10.4 Å². The van der Waals surface area contributed by atoms with Crippen molar-refractivity contribution in [1.82, 2.24) is 4.98 Å². The summed E-state index contributed by atoms with van der Waals surface area (Å²) in [5.41, 5.74) is 0.293. The van der Waals surface area contributed by atoms with E-state index in [2.05, 4.69) is 20.9 Å². The summed E-state index contributed by atoms with van der Waals surface area (Å²) in [6, 6.07) is 1.16. The Morgan fingerprint density at radius 3 is 2.75 bits per heavy atom. The number of hydrogen-bond donors (Lipinski definition) is 0. The number of pyridine rings is 1. The van der Waals surface area contributed by atoms with Crippen LogP contribution in [0.5, 0.6) is 0 Å². The van der Waals surface area contributed by atoms with Gasteiger partial charge in [-0.15, -0.1) is 17.0 Å². The lowest BCUT2D eigenvalue weighted by Crippen LogP contribution is -2.00. The SMILES string of the molecule is Br.O=C(CBr)c1cncc(F)c1. The summed E-state index contributed by atoms with van der Waals surface area (Å²) in [5, 5.41) is 0.193. The van der Waals surface area contributed by atoms with Gasteiger partial charge in [-0.3, -0.25) is 9.78 Å². The molecule has 0 atom stereocenters. The third-order valence-electron chi connectivity index (χ3n) is 1.15. The minimum Gasteiger partial charge on any atom is -0.293 e. The molecule has 0 saturated heterocycles. The maximum absolute atomic E-state index is 12.4. The van der Waals surface area contributed by atoms with Gasteiger partial charge in [0.25, 0.3) is 0 Å². The van der Waals surface area contributed by atoms with Crippen LogP contribution in [0.3, 0.4) is 0 Å². The van der Waals surface area contributed by atoms with Crippen molar-refractivity contribution in [2.75, 3.05) is 5.33 Å². The molecule has 1 aromatic rings. The molecule has 0 radical (unpaired) electrons. The van der Waals surface area contributed by atoms with Crippen molar-refractivity contribution < 1.29 is 9.18 Å². The highest BCUT2D eigenvalue weighted by Gasteiger charge is 2.03. The Balaban J connectivity index is 0.00000121. The molecule has 0 aliphatic rings. The molecule has 1 aromatic heterocycles. The van der Waals surface area contributed by atoms with Gasteiger partial charge in [0.2, 0.25) is 0 Å². The Hall–Kier alpha value is -0.290. The van der Waals surface area contributed by atoms with Crippen LogP contribution in [0, 0.1) is 5.82 Å². The van der Waals surface area contributed by atoms with Gasteiger partial charge in [0.1, 0.15) is 5.82 Å². The fourth-order valence-electron chi connectivity index (χ4n) is 0.642. The normalized spacial score (nSPS) is 8.83. The summed E-state index contributed by atoms with van der Waals surface area (Å²) < 4.78 is 12.4. The molecule has 0 fully saturated rings. The number of nitrogens with zero attached hydrogens (tertiary/aromatic N) is 1. The second kappa shape index (κ2) is 5.37. The van der Waals surface area contributed by atoms with Gasteiger partial charge in [-0.25, -0.2) is 4.39 Å². The number of aromatic nitrogens is 1. The van der Waals surface area contributed by atoms with Crippen molar-refractivity contribution in [2.45, 2.75) is 0 Å². The average Bonchev–Trinajstić information content (AvgIpc) is 2.03. The maximum Gasteiger partial charge on any atom is 0.175 e. The summed E-state index contributed by atoms with van der Waals surface area (Å²) in [5.74, 6) is -0.659.